The number of aromatic nitrogens is 2. The van der Waals surface area contributed by atoms with E-state index >= 15 is 0 Å². The van der Waals surface area contributed by atoms with Crippen molar-refractivity contribution >= 4 is 5.82 Å². The van der Waals surface area contributed by atoms with E-state index in [1.807, 2.05) is 24.3 Å². The summed E-state index contributed by atoms with van der Waals surface area (Å²) in [5, 5.41) is 12.6. The van der Waals surface area contributed by atoms with Crippen LogP contribution in [0.5, 0.6) is 0 Å². The molecular formula is C14H17N3O2. The maximum absolute atomic E-state index is 9.40. The van der Waals surface area contributed by atoms with E-state index in [9.17, 15) is 5.11 Å². The zero-order valence-electron chi connectivity index (χ0n) is 10.8. The number of nitrogens with one attached hydrogen (secondary N) is 1. The minimum atomic E-state index is -0.0236. The number of aliphatic hydroxyl groups excluding tert-OH is 1. The highest BCUT2D eigenvalue weighted by atomic mass is 16.5. The summed E-state index contributed by atoms with van der Waals surface area (Å²) in [6.45, 7) is 1.23. The third-order valence-corrected chi connectivity index (χ3v) is 2.74. The van der Waals surface area contributed by atoms with Gasteiger partial charge >= 0.3 is 0 Å². The Hall–Kier alpha value is -1.98. The third kappa shape index (κ3) is 3.27. The van der Waals surface area contributed by atoms with E-state index in [-0.39, 0.29) is 6.61 Å². The first-order valence-electron chi connectivity index (χ1n) is 6.09. The fourth-order valence-electron chi connectivity index (χ4n) is 1.83. The van der Waals surface area contributed by atoms with Crippen LogP contribution < -0.4 is 5.32 Å². The molecule has 0 atom stereocenters. The molecule has 19 heavy (non-hydrogen) atoms. The maximum Gasteiger partial charge on any atom is 0.152 e. The first-order chi connectivity index (χ1) is 9.36. The second kappa shape index (κ2) is 6.82. The normalized spacial score (nSPS) is 10.4. The lowest BCUT2D eigenvalue weighted by molar-refractivity contribution is 0.210. The van der Waals surface area contributed by atoms with Gasteiger partial charge in [-0.1, -0.05) is 24.3 Å². The van der Waals surface area contributed by atoms with E-state index in [0.29, 0.717) is 19.0 Å². The van der Waals surface area contributed by atoms with Crippen molar-refractivity contribution in [1.82, 2.24) is 9.97 Å². The number of hydrogen-bond acceptors (Lipinski definition) is 5. The Labute approximate surface area is 112 Å². The zero-order valence-corrected chi connectivity index (χ0v) is 10.8. The smallest absolute Gasteiger partial charge is 0.152 e. The van der Waals surface area contributed by atoms with Gasteiger partial charge in [0.05, 0.1) is 13.2 Å². The van der Waals surface area contributed by atoms with Gasteiger partial charge in [0, 0.05) is 31.6 Å². The van der Waals surface area contributed by atoms with Crippen LogP contribution in [-0.4, -0.2) is 35.3 Å². The molecule has 1 aromatic carbocycles. The molecule has 1 heterocycles. The summed E-state index contributed by atoms with van der Waals surface area (Å²) < 4.78 is 5.00. The van der Waals surface area contributed by atoms with Crippen molar-refractivity contribution < 1.29 is 9.84 Å². The molecule has 2 rings (SSSR count). The Morgan fingerprint density at radius 1 is 1.21 bits per heavy atom. The van der Waals surface area contributed by atoms with Crippen LogP contribution in [0.2, 0.25) is 0 Å². The van der Waals surface area contributed by atoms with Crippen LogP contribution >= 0.6 is 0 Å². The van der Waals surface area contributed by atoms with Crippen LogP contribution in [0.25, 0.3) is 11.3 Å². The lowest BCUT2D eigenvalue weighted by Gasteiger charge is -2.12. The van der Waals surface area contributed by atoms with Crippen LogP contribution in [0, 0.1) is 0 Å². The van der Waals surface area contributed by atoms with Crippen LogP contribution in [0.3, 0.4) is 0 Å². The SMILES string of the molecule is COCCNc1nccnc1-c1ccccc1CO. The first-order valence-corrected chi connectivity index (χ1v) is 6.09. The van der Waals surface area contributed by atoms with E-state index in [1.54, 1.807) is 19.5 Å². The molecule has 0 saturated carbocycles. The Kier molecular flexibility index (Phi) is 4.83. The minimum Gasteiger partial charge on any atom is -0.392 e. The molecule has 0 saturated heterocycles. The minimum absolute atomic E-state index is 0.0236. The van der Waals surface area contributed by atoms with E-state index in [2.05, 4.69) is 15.3 Å². The average Bonchev–Trinajstić information content (AvgIpc) is 2.48. The molecular weight excluding hydrogens is 242 g/mol. The molecule has 2 aromatic rings. The number of anilines is 1. The lowest BCUT2D eigenvalue weighted by Crippen LogP contribution is -2.10. The second-order valence-corrected chi connectivity index (χ2v) is 3.99. The molecule has 0 aliphatic carbocycles. The van der Waals surface area contributed by atoms with Gasteiger partial charge in [-0.15, -0.1) is 0 Å². The van der Waals surface area contributed by atoms with E-state index in [0.717, 1.165) is 16.8 Å². The van der Waals surface area contributed by atoms with Crippen molar-refractivity contribution in [3.8, 4) is 11.3 Å². The van der Waals surface area contributed by atoms with Gasteiger partial charge < -0.3 is 15.2 Å². The van der Waals surface area contributed by atoms with Crippen LogP contribution in [0.4, 0.5) is 5.82 Å². The predicted molar refractivity (Wildman–Crippen MR) is 73.8 cm³/mol. The monoisotopic (exact) mass is 259 g/mol. The Bertz CT molecular complexity index is 532. The molecule has 0 amide bonds. The molecule has 1 aromatic heterocycles. The fourth-order valence-corrected chi connectivity index (χ4v) is 1.83. The molecule has 0 aliphatic heterocycles. The van der Waals surface area contributed by atoms with E-state index in [1.165, 1.54) is 0 Å². The summed E-state index contributed by atoms with van der Waals surface area (Å²) >= 11 is 0. The van der Waals surface area contributed by atoms with Crippen molar-refractivity contribution in [3.05, 3.63) is 42.2 Å². The number of methoxy groups -OCH3 is 1. The number of hydrogen-bond donors (Lipinski definition) is 2. The van der Waals surface area contributed by atoms with Crippen LogP contribution in [0.1, 0.15) is 5.56 Å². The van der Waals surface area contributed by atoms with Crippen LogP contribution in [0.15, 0.2) is 36.7 Å². The molecule has 5 nitrogen and oxygen atoms in total. The lowest BCUT2D eigenvalue weighted by atomic mass is 10.0. The summed E-state index contributed by atoms with van der Waals surface area (Å²) in [5.41, 5.74) is 2.46. The third-order valence-electron chi connectivity index (χ3n) is 2.74. The quantitative estimate of drug-likeness (QED) is 0.773. The topological polar surface area (TPSA) is 67.3 Å². The number of rotatable bonds is 6. The van der Waals surface area contributed by atoms with Gasteiger partial charge in [-0.25, -0.2) is 4.98 Å². The highest BCUT2D eigenvalue weighted by molar-refractivity contribution is 5.73. The van der Waals surface area contributed by atoms with Gasteiger partial charge in [0.2, 0.25) is 0 Å². The zero-order chi connectivity index (χ0) is 13.5. The summed E-state index contributed by atoms with van der Waals surface area (Å²) in [6, 6.07) is 7.62. The Balaban J connectivity index is 2.33. The largest absolute Gasteiger partial charge is 0.392 e. The van der Waals surface area contributed by atoms with Gasteiger partial charge in [-0.05, 0) is 5.56 Å². The van der Waals surface area contributed by atoms with E-state index < -0.39 is 0 Å². The van der Waals surface area contributed by atoms with Crippen molar-refractivity contribution in [3.63, 3.8) is 0 Å². The predicted octanol–water partition coefficient (Wildman–Crippen LogP) is 1.69. The number of benzene rings is 1. The first kappa shape index (κ1) is 13.5. The Morgan fingerprint density at radius 2 is 2.00 bits per heavy atom. The van der Waals surface area contributed by atoms with Gasteiger partial charge in [0.1, 0.15) is 5.69 Å². The Morgan fingerprint density at radius 3 is 2.79 bits per heavy atom. The molecule has 5 heteroatoms. The molecule has 2 N–H and O–H groups in total. The van der Waals surface area contributed by atoms with Crippen molar-refractivity contribution in [2.45, 2.75) is 6.61 Å². The average molecular weight is 259 g/mol. The van der Waals surface area contributed by atoms with Crippen molar-refractivity contribution in [1.29, 1.82) is 0 Å². The number of ether oxygens (including phenoxy) is 1. The molecule has 0 unspecified atom stereocenters. The number of nitrogens with zero attached hydrogens (tertiary/aromatic N) is 2. The highest BCUT2D eigenvalue weighted by Crippen LogP contribution is 2.26. The second-order valence-electron chi connectivity index (χ2n) is 3.99. The maximum atomic E-state index is 9.40. The molecule has 0 fully saturated rings. The van der Waals surface area contributed by atoms with Gasteiger partial charge in [-0.3, -0.25) is 4.98 Å². The van der Waals surface area contributed by atoms with Crippen molar-refractivity contribution in [2.75, 3.05) is 25.6 Å². The molecule has 0 bridgehead atoms. The summed E-state index contributed by atoms with van der Waals surface area (Å²) in [4.78, 5) is 8.65. The summed E-state index contributed by atoms with van der Waals surface area (Å²) in [7, 11) is 1.65. The van der Waals surface area contributed by atoms with Crippen LogP contribution in [-0.2, 0) is 11.3 Å². The number of aliphatic hydroxyl groups is 1. The molecule has 0 spiro atoms. The molecule has 100 valence electrons. The summed E-state index contributed by atoms with van der Waals surface area (Å²) in [5.74, 6) is 0.695. The van der Waals surface area contributed by atoms with Gasteiger partial charge in [0.15, 0.2) is 5.82 Å². The molecule has 0 radical (unpaired) electrons. The highest BCUT2D eigenvalue weighted by Gasteiger charge is 2.10. The van der Waals surface area contributed by atoms with Crippen molar-refractivity contribution in [2.24, 2.45) is 0 Å². The van der Waals surface area contributed by atoms with Gasteiger partial charge in [0.25, 0.3) is 0 Å². The van der Waals surface area contributed by atoms with Gasteiger partial charge in [-0.2, -0.15) is 0 Å². The fraction of sp³-hybridized carbons (Fsp3) is 0.286. The summed E-state index contributed by atoms with van der Waals surface area (Å²) in [6.07, 6.45) is 3.28. The molecule has 0 aliphatic rings. The van der Waals surface area contributed by atoms with E-state index in [4.69, 9.17) is 4.74 Å². The standard InChI is InChI=1S/C14H17N3O2/c1-19-9-8-17-14-13(15-6-7-16-14)12-5-3-2-4-11(12)10-18/h2-7,18H,8-10H2,1H3,(H,16,17).